The van der Waals surface area contributed by atoms with Crippen LogP contribution in [0.4, 0.5) is 0 Å². The molecular formula is C32H32N4O4. The number of aromatic nitrogens is 2. The number of fused-ring (bicyclic) bond motifs is 4. The molecule has 8 nitrogen and oxygen atoms in total. The minimum absolute atomic E-state index is 0.0550. The number of carbonyl (C=O) groups is 4. The molecule has 2 aromatic rings. The van der Waals surface area contributed by atoms with Crippen LogP contribution < -0.4 is 0 Å². The van der Waals surface area contributed by atoms with Gasteiger partial charge in [-0.1, -0.05) is 6.92 Å². The van der Waals surface area contributed by atoms with Gasteiger partial charge in [0.15, 0.2) is 0 Å². The van der Waals surface area contributed by atoms with Crippen molar-refractivity contribution in [3.8, 4) is 0 Å². The predicted molar refractivity (Wildman–Crippen MR) is 144 cm³/mol. The molecule has 40 heavy (non-hydrogen) atoms. The van der Waals surface area contributed by atoms with Gasteiger partial charge in [0.2, 0.25) is 23.4 Å². The molecule has 2 aromatic heterocycles. The van der Waals surface area contributed by atoms with Gasteiger partial charge in [0.25, 0.3) is 0 Å². The van der Waals surface area contributed by atoms with E-state index in [0.717, 1.165) is 40.1 Å². The zero-order chi connectivity index (χ0) is 27.7. The Kier molecular flexibility index (Phi) is 3.72. The highest BCUT2D eigenvalue weighted by molar-refractivity contribution is 6.10. The van der Waals surface area contributed by atoms with E-state index in [4.69, 9.17) is 0 Å². The summed E-state index contributed by atoms with van der Waals surface area (Å²) in [6.07, 6.45) is 9.79. The highest BCUT2D eigenvalue weighted by Crippen LogP contribution is 2.76. The maximum Gasteiger partial charge on any atom is 0.233 e. The number of nitrogens with zero attached hydrogens (tertiary/aromatic N) is 2. The minimum atomic E-state index is -0.528. The van der Waals surface area contributed by atoms with Gasteiger partial charge in [-0.25, -0.2) is 0 Å². The fraction of sp³-hybridized carbons (Fsp3) is 0.500. The average Bonchev–Trinajstić information content (AvgIpc) is 3.17. The zero-order valence-electron chi connectivity index (χ0n) is 23.2. The Morgan fingerprint density at radius 2 is 1.35 bits per heavy atom. The van der Waals surface area contributed by atoms with Gasteiger partial charge in [0.05, 0.1) is 22.2 Å². The van der Waals surface area contributed by atoms with Crippen molar-refractivity contribution >= 4 is 23.4 Å². The Labute approximate surface area is 231 Å². The number of aromatic amines is 2. The molecule has 2 saturated heterocycles. The summed E-state index contributed by atoms with van der Waals surface area (Å²) < 4.78 is 0. The summed E-state index contributed by atoms with van der Waals surface area (Å²) in [5, 5.41) is 0. The third-order valence-electron chi connectivity index (χ3n) is 12.1. The van der Waals surface area contributed by atoms with E-state index in [1.54, 1.807) is 12.2 Å². The number of likely N-dealkylation sites (tertiary alicyclic amines) is 2. The molecule has 4 heterocycles. The third-order valence-corrected chi connectivity index (χ3v) is 12.1. The molecule has 4 atom stereocenters. The SMILES string of the molecule is Cc1c[nH]c2c1[C@]1(C)C(=CC2=O)N(C(=O)C23CC(C(=O)N4C[C@H]5C[C@@]56C4=CC(=O)c4[nH]cc(C)c46)(C2)C3)CC1C. The fourth-order valence-electron chi connectivity index (χ4n) is 10.0. The summed E-state index contributed by atoms with van der Waals surface area (Å²) in [6.45, 7) is 9.59. The van der Waals surface area contributed by atoms with E-state index in [0.29, 0.717) is 49.7 Å². The van der Waals surface area contributed by atoms with Gasteiger partial charge >= 0.3 is 0 Å². The van der Waals surface area contributed by atoms with Crippen LogP contribution in [0.1, 0.15) is 82.8 Å². The van der Waals surface area contributed by atoms with E-state index >= 15 is 0 Å². The first-order chi connectivity index (χ1) is 19.0. The maximum atomic E-state index is 14.1. The normalized spacial score (nSPS) is 39.3. The predicted octanol–water partition coefficient (Wildman–Crippen LogP) is 3.83. The summed E-state index contributed by atoms with van der Waals surface area (Å²) in [6, 6.07) is 0. The number of piperidine rings is 1. The summed E-state index contributed by atoms with van der Waals surface area (Å²) in [4.78, 5) is 64.2. The van der Waals surface area contributed by atoms with Crippen LogP contribution in [0.5, 0.6) is 0 Å². The number of amides is 2. The Bertz CT molecular complexity index is 1720. The van der Waals surface area contributed by atoms with Crippen LogP contribution in [0.25, 0.3) is 0 Å². The van der Waals surface area contributed by atoms with Crippen molar-refractivity contribution in [2.45, 2.75) is 64.2 Å². The second kappa shape index (κ2) is 6.45. The van der Waals surface area contributed by atoms with Gasteiger partial charge in [-0.2, -0.15) is 0 Å². The van der Waals surface area contributed by atoms with Crippen molar-refractivity contribution in [1.29, 1.82) is 0 Å². The van der Waals surface area contributed by atoms with Crippen LogP contribution >= 0.6 is 0 Å². The smallest absolute Gasteiger partial charge is 0.233 e. The molecule has 2 N–H and O–H groups in total. The molecule has 6 fully saturated rings. The molecule has 6 aliphatic carbocycles. The van der Waals surface area contributed by atoms with Crippen molar-refractivity contribution in [2.24, 2.45) is 22.7 Å². The van der Waals surface area contributed by atoms with Crippen molar-refractivity contribution in [1.82, 2.24) is 19.8 Å². The summed E-state index contributed by atoms with van der Waals surface area (Å²) in [5.41, 5.74) is 5.58. The molecule has 2 amide bonds. The molecule has 8 heteroatoms. The van der Waals surface area contributed by atoms with E-state index in [1.807, 2.05) is 36.0 Å². The third kappa shape index (κ3) is 2.21. The van der Waals surface area contributed by atoms with E-state index in [9.17, 15) is 19.2 Å². The highest BCUT2D eigenvalue weighted by atomic mass is 16.2. The van der Waals surface area contributed by atoms with E-state index in [-0.39, 0.29) is 34.7 Å². The van der Waals surface area contributed by atoms with Crippen molar-refractivity contribution < 1.29 is 19.2 Å². The Balaban J connectivity index is 0.978. The molecular weight excluding hydrogens is 504 g/mol. The van der Waals surface area contributed by atoms with Crippen molar-refractivity contribution in [3.05, 3.63) is 69.6 Å². The van der Waals surface area contributed by atoms with Gasteiger partial charge in [-0.3, -0.25) is 19.2 Å². The lowest BCUT2D eigenvalue weighted by Crippen LogP contribution is -2.72. The largest absolute Gasteiger partial charge is 0.358 e. The Morgan fingerprint density at radius 1 is 0.825 bits per heavy atom. The molecule has 1 unspecified atom stereocenters. The quantitative estimate of drug-likeness (QED) is 0.609. The lowest BCUT2D eigenvalue weighted by Gasteiger charge is -2.69. The van der Waals surface area contributed by atoms with Crippen molar-refractivity contribution in [3.63, 3.8) is 0 Å². The zero-order valence-corrected chi connectivity index (χ0v) is 23.2. The van der Waals surface area contributed by atoms with Crippen LogP contribution in [0.2, 0.25) is 0 Å². The Hall–Kier alpha value is -3.68. The lowest BCUT2D eigenvalue weighted by molar-refractivity contribution is -0.219. The van der Waals surface area contributed by atoms with E-state index in [1.165, 1.54) is 0 Å². The summed E-state index contributed by atoms with van der Waals surface area (Å²) in [7, 11) is 0. The number of hydrogen-bond donors (Lipinski definition) is 2. The molecule has 1 spiro atoms. The number of hydrogen-bond acceptors (Lipinski definition) is 4. The average molecular weight is 537 g/mol. The monoisotopic (exact) mass is 536 g/mol. The number of rotatable bonds is 2. The van der Waals surface area contributed by atoms with Crippen LogP contribution in [0, 0.1) is 36.5 Å². The number of allylic oxidation sites excluding steroid dienone is 4. The minimum Gasteiger partial charge on any atom is -0.358 e. The first-order valence-electron chi connectivity index (χ1n) is 14.5. The van der Waals surface area contributed by atoms with Gasteiger partial charge < -0.3 is 19.8 Å². The molecule has 10 rings (SSSR count). The maximum absolute atomic E-state index is 14.1. The van der Waals surface area contributed by atoms with Gasteiger partial charge in [0.1, 0.15) is 0 Å². The number of nitrogens with one attached hydrogen (secondary N) is 2. The Morgan fingerprint density at radius 3 is 1.98 bits per heavy atom. The number of ketones is 2. The van der Waals surface area contributed by atoms with Crippen LogP contribution in [0.15, 0.2) is 35.9 Å². The number of aryl methyl sites for hydroxylation is 2. The van der Waals surface area contributed by atoms with Crippen LogP contribution in [0.3, 0.4) is 0 Å². The molecule has 8 aliphatic rings. The first-order valence-corrected chi connectivity index (χ1v) is 14.5. The summed E-state index contributed by atoms with van der Waals surface area (Å²) in [5.74, 6) is 0.535. The second-order valence-corrected chi connectivity index (χ2v) is 14.1. The lowest BCUT2D eigenvalue weighted by atomic mass is 9.34. The summed E-state index contributed by atoms with van der Waals surface area (Å²) >= 11 is 0. The first kappa shape index (κ1) is 23.1. The number of carbonyl (C=O) groups excluding carboxylic acids is 4. The van der Waals surface area contributed by atoms with Crippen LogP contribution in [-0.2, 0) is 20.4 Å². The second-order valence-electron chi connectivity index (χ2n) is 14.1. The van der Waals surface area contributed by atoms with Gasteiger partial charge in [0, 0.05) is 59.9 Å². The van der Waals surface area contributed by atoms with E-state index in [2.05, 4.69) is 23.8 Å². The molecule has 2 bridgehead atoms. The standard InChI is InChI=1S/C32H32N4O4/c1-15-8-33-25-19(37)5-21-29(4,23(15)25)17(3)10-35(21)27(39)30-12-31(13-30,14-30)28(40)36-11-18-7-32(18)22(36)6-20(38)26-24(32)16(2)9-34-26/h5-6,8-9,17-18,33-34H,7,10-14H2,1-4H3/t17?,18-,29+,30?,31?,32+/m1/s1. The molecule has 4 saturated carbocycles. The molecule has 0 radical (unpaired) electrons. The van der Waals surface area contributed by atoms with Crippen LogP contribution in [-0.4, -0.2) is 56.2 Å². The molecule has 0 aromatic carbocycles. The molecule has 204 valence electrons. The highest BCUT2D eigenvalue weighted by Gasteiger charge is 2.78. The topological polar surface area (TPSA) is 106 Å². The fourth-order valence-corrected chi connectivity index (χ4v) is 10.0. The van der Waals surface area contributed by atoms with Gasteiger partial charge in [-0.15, -0.1) is 0 Å². The molecule has 2 aliphatic heterocycles. The van der Waals surface area contributed by atoms with E-state index < -0.39 is 16.2 Å². The number of H-pyrrole nitrogens is 2. The van der Waals surface area contributed by atoms with Crippen molar-refractivity contribution in [2.75, 3.05) is 13.1 Å². The van der Waals surface area contributed by atoms with Gasteiger partial charge in [-0.05, 0) is 80.5 Å².